The maximum Gasteiger partial charge on any atom is 0.359 e. The number of carbonyl (C=O) groups is 2. The zero-order chi connectivity index (χ0) is 17.9. The Balaban J connectivity index is 3.88. The number of nitro benzene ring substituents is 2. The van der Waals surface area contributed by atoms with Crippen LogP contribution < -0.4 is 4.74 Å². The van der Waals surface area contributed by atoms with Crippen molar-refractivity contribution in [2.75, 3.05) is 7.11 Å². The van der Waals surface area contributed by atoms with Crippen molar-refractivity contribution < 1.29 is 39.5 Å². The molecule has 0 bridgehead atoms. The highest BCUT2D eigenvalue weighted by Gasteiger charge is 2.34. The van der Waals surface area contributed by atoms with Gasteiger partial charge in [-0.15, -0.1) is 0 Å². The first-order chi connectivity index (χ1) is 10.6. The number of hydrogen-bond acceptors (Lipinski definition) is 8. The normalized spacial score (nSPS) is 9.78. The summed E-state index contributed by atoms with van der Waals surface area (Å²) in [6.07, 6.45) is 0.384. The number of aromatic hydroxyl groups is 1. The van der Waals surface area contributed by atoms with Gasteiger partial charge in [-0.25, -0.2) is 9.59 Å². The molecule has 0 unspecified atom stereocenters. The topological polar surface area (TPSA) is 190 Å². The van der Waals surface area contributed by atoms with E-state index in [9.17, 15) is 34.9 Å². The van der Waals surface area contributed by atoms with Crippen LogP contribution in [0.25, 0.3) is 6.08 Å². The van der Waals surface area contributed by atoms with Crippen LogP contribution in [-0.4, -0.2) is 44.2 Å². The van der Waals surface area contributed by atoms with Gasteiger partial charge in [0.1, 0.15) is 5.57 Å². The number of phenolic OH excluding ortho intramolecular Hbond substituents is 1. The van der Waals surface area contributed by atoms with E-state index >= 15 is 0 Å². The summed E-state index contributed by atoms with van der Waals surface area (Å²) in [6.45, 7) is 0. The molecule has 0 aromatic heterocycles. The van der Waals surface area contributed by atoms with Gasteiger partial charge >= 0.3 is 23.3 Å². The summed E-state index contributed by atoms with van der Waals surface area (Å²) in [6, 6.07) is 0.505. The largest absolute Gasteiger partial charge is 0.502 e. The minimum atomic E-state index is -1.90. The Kier molecular flexibility index (Phi) is 4.81. The van der Waals surface area contributed by atoms with Crippen molar-refractivity contribution in [1.82, 2.24) is 0 Å². The van der Waals surface area contributed by atoms with E-state index in [0.717, 1.165) is 7.11 Å². The van der Waals surface area contributed by atoms with Crippen molar-refractivity contribution in [2.45, 2.75) is 0 Å². The van der Waals surface area contributed by atoms with Crippen molar-refractivity contribution >= 4 is 29.4 Å². The molecule has 12 nitrogen and oxygen atoms in total. The van der Waals surface area contributed by atoms with Gasteiger partial charge in [-0.3, -0.25) is 20.2 Å². The summed E-state index contributed by atoms with van der Waals surface area (Å²) in [4.78, 5) is 41.4. The zero-order valence-corrected chi connectivity index (χ0v) is 11.2. The third-order valence-corrected chi connectivity index (χ3v) is 2.57. The first kappa shape index (κ1) is 17.4. The molecular weight excluding hydrogens is 320 g/mol. The van der Waals surface area contributed by atoms with Crippen LogP contribution >= 0.6 is 0 Å². The summed E-state index contributed by atoms with van der Waals surface area (Å²) in [7, 11) is 0.859. The average Bonchev–Trinajstić information content (AvgIpc) is 2.41. The fourth-order valence-corrected chi connectivity index (χ4v) is 1.68. The lowest BCUT2D eigenvalue weighted by atomic mass is 10.1. The Morgan fingerprint density at radius 3 is 1.96 bits per heavy atom. The van der Waals surface area contributed by atoms with Crippen molar-refractivity contribution in [2.24, 2.45) is 0 Å². The third kappa shape index (κ3) is 3.31. The minimum Gasteiger partial charge on any atom is -0.502 e. The molecule has 0 saturated carbocycles. The average molecular weight is 328 g/mol. The molecule has 0 amide bonds. The van der Waals surface area contributed by atoms with E-state index in [1.165, 1.54) is 0 Å². The number of benzene rings is 1. The van der Waals surface area contributed by atoms with E-state index in [1.807, 2.05) is 0 Å². The molecule has 1 aromatic carbocycles. The molecule has 122 valence electrons. The predicted molar refractivity (Wildman–Crippen MR) is 71.2 cm³/mol. The van der Waals surface area contributed by atoms with Crippen LogP contribution in [0.15, 0.2) is 11.6 Å². The molecule has 3 N–H and O–H groups in total. The highest BCUT2D eigenvalue weighted by atomic mass is 16.6. The summed E-state index contributed by atoms with van der Waals surface area (Å²) in [5.41, 5.74) is -4.10. The second kappa shape index (κ2) is 6.38. The number of phenols is 1. The van der Waals surface area contributed by atoms with E-state index in [2.05, 4.69) is 4.74 Å². The number of nitro groups is 2. The summed E-state index contributed by atoms with van der Waals surface area (Å²) in [5.74, 6) is -5.80. The molecule has 0 fully saturated rings. The molecule has 0 aliphatic heterocycles. The lowest BCUT2D eigenvalue weighted by molar-refractivity contribution is -0.396. The van der Waals surface area contributed by atoms with Gasteiger partial charge in [0.25, 0.3) is 5.75 Å². The fraction of sp³-hybridized carbons (Fsp3) is 0.0909. The van der Waals surface area contributed by atoms with Gasteiger partial charge in [-0.05, 0) is 6.08 Å². The number of carboxylic acids is 2. The van der Waals surface area contributed by atoms with E-state index in [4.69, 9.17) is 10.2 Å². The van der Waals surface area contributed by atoms with E-state index in [1.54, 1.807) is 0 Å². The standard InChI is InChI=1S/C11H8N2O10/c1-23-9-7(12(19)20)4(2-5(10(15)16)11(17)18)3-6(14)8(9)13(21)22/h2-3,14H,1H3,(H,15,16)(H,17,18). The Morgan fingerprint density at radius 2 is 1.61 bits per heavy atom. The van der Waals surface area contributed by atoms with E-state index < -0.39 is 55.8 Å². The van der Waals surface area contributed by atoms with Gasteiger partial charge in [-0.1, -0.05) is 0 Å². The number of hydrogen-bond donors (Lipinski definition) is 3. The number of carboxylic acid groups (broad SMARTS) is 2. The molecule has 0 aliphatic rings. The number of methoxy groups -OCH3 is 1. The third-order valence-electron chi connectivity index (χ3n) is 2.57. The first-order valence-electron chi connectivity index (χ1n) is 5.52. The van der Waals surface area contributed by atoms with Crippen LogP contribution in [0.1, 0.15) is 5.56 Å². The Labute approximate surface area is 126 Å². The molecule has 23 heavy (non-hydrogen) atoms. The van der Waals surface area contributed by atoms with Crippen LogP contribution in [0, 0.1) is 20.2 Å². The number of aliphatic carboxylic acids is 2. The molecule has 0 heterocycles. The Hall–Kier alpha value is -3.70. The van der Waals surface area contributed by atoms with Crippen LogP contribution in [-0.2, 0) is 9.59 Å². The maximum atomic E-state index is 11.1. The van der Waals surface area contributed by atoms with Gasteiger partial charge in [-0.2, -0.15) is 0 Å². The van der Waals surface area contributed by atoms with Crippen molar-refractivity contribution in [3.05, 3.63) is 37.4 Å². The molecule has 0 radical (unpaired) electrons. The van der Waals surface area contributed by atoms with Gasteiger partial charge in [0.05, 0.1) is 22.5 Å². The molecular formula is C11H8N2O10. The monoisotopic (exact) mass is 328 g/mol. The summed E-state index contributed by atoms with van der Waals surface area (Å²) in [5, 5.41) is 49.1. The van der Waals surface area contributed by atoms with Crippen LogP contribution in [0.4, 0.5) is 11.4 Å². The van der Waals surface area contributed by atoms with Crippen LogP contribution in [0.5, 0.6) is 11.5 Å². The number of nitrogens with zero attached hydrogens (tertiary/aromatic N) is 2. The number of ether oxygens (including phenoxy) is 1. The molecule has 1 rings (SSSR count). The molecule has 12 heteroatoms. The fourth-order valence-electron chi connectivity index (χ4n) is 1.68. The second-order valence-electron chi connectivity index (χ2n) is 3.90. The predicted octanol–water partition coefficient (Wildman–Crippen LogP) is 0.770. The second-order valence-corrected chi connectivity index (χ2v) is 3.90. The molecule has 0 aliphatic carbocycles. The molecule has 0 atom stereocenters. The maximum absolute atomic E-state index is 11.1. The SMILES string of the molecule is COc1c([N+](=O)[O-])c(O)cc(C=C(C(=O)O)C(=O)O)c1[N+](=O)[O-]. The Bertz CT molecular complexity index is 736. The summed E-state index contributed by atoms with van der Waals surface area (Å²) < 4.78 is 4.56. The van der Waals surface area contributed by atoms with Gasteiger partial charge in [0.15, 0.2) is 5.75 Å². The smallest absolute Gasteiger partial charge is 0.359 e. The molecule has 0 saturated heterocycles. The highest BCUT2D eigenvalue weighted by molar-refractivity contribution is 6.16. The zero-order valence-electron chi connectivity index (χ0n) is 11.2. The van der Waals surface area contributed by atoms with E-state index in [0.29, 0.717) is 12.1 Å². The minimum absolute atomic E-state index is 0.384. The van der Waals surface area contributed by atoms with Crippen molar-refractivity contribution in [3.8, 4) is 11.5 Å². The van der Waals surface area contributed by atoms with Gasteiger partial charge < -0.3 is 20.1 Å². The summed E-state index contributed by atoms with van der Waals surface area (Å²) >= 11 is 0. The lowest BCUT2D eigenvalue weighted by Crippen LogP contribution is -2.11. The molecule has 1 aromatic rings. The first-order valence-corrected chi connectivity index (χ1v) is 5.52. The van der Waals surface area contributed by atoms with Crippen LogP contribution in [0.3, 0.4) is 0 Å². The van der Waals surface area contributed by atoms with Gasteiger partial charge in [0.2, 0.25) is 0 Å². The highest BCUT2D eigenvalue weighted by Crippen LogP contribution is 2.45. The number of rotatable bonds is 6. The van der Waals surface area contributed by atoms with Crippen molar-refractivity contribution in [1.29, 1.82) is 0 Å². The quantitative estimate of drug-likeness (QED) is 0.221. The van der Waals surface area contributed by atoms with Gasteiger partial charge in [0, 0.05) is 6.07 Å². The van der Waals surface area contributed by atoms with Crippen molar-refractivity contribution in [3.63, 3.8) is 0 Å². The lowest BCUT2D eigenvalue weighted by Gasteiger charge is -2.07. The van der Waals surface area contributed by atoms with Crippen LogP contribution in [0.2, 0.25) is 0 Å². The Morgan fingerprint density at radius 1 is 1.13 bits per heavy atom. The van der Waals surface area contributed by atoms with E-state index in [-0.39, 0.29) is 0 Å². The molecule has 0 spiro atoms.